The highest BCUT2D eigenvalue weighted by Gasteiger charge is 2.23. The maximum Gasteiger partial charge on any atom is 0.0659 e. The highest BCUT2D eigenvalue weighted by molar-refractivity contribution is 14.1. The lowest BCUT2D eigenvalue weighted by molar-refractivity contribution is 0.429. The Balaban J connectivity index is 2.06. The van der Waals surface area contributed by atoms with Gasteiger partial charge in [-0.25, -0.2) is 0 Å². The molecule has 2 unspecified atom stereocenters. The van der Waals surface area contributed by atoms with Crippen LogP contribution in [0.4, 0.5) is 0 Å². The molecule has 0 spiro atoms. The van der Waals surface area contributed by atoms with Gasteiger partial charge >= 0.3 is 0 Å². The molecule has 1 heterocycles. The van der Waals surface area contributed by atoms with Gasteiger partial charge in [0, 0.05) is 22.7 Å². The summed E-state index contributed by atoms with van der Waals surface area (Å²) in [4.78, 5) is 1.62. The van der Waals surface area contributed by atoms with E-state index in [4.69, 9.17) is 0 Å². The number of thioether (sulfide) groups is 1. The molecule has 1 N–H and O–H groups in total. The molecule has 0 aromatic carbocycles. The summed E-state index contributed by atoms with van der Waals surface area (Å²) in [5.74, 6) is 1.20. The van der Waals surface area contributed by atoms with Gasteiger partial charge in [0.1, 0.15) is 0 Å². The smallest absolute Gasteiger partial charge is 0.0659 e. The highest BCUT2D eigenvalue weighted by Crippen LogP contribution is 2.36. The van der Waals surface area contributed by atoms with E-state index in [9.17, 15) is 0 Å². The summed E-state index contributed by atoms with van der Waals surface area (Å²) in [6.45, 7) is 2.29. The summed E-state index contributed by atoms with van der Waals surface area (Å²) in [6.07, 6.45) is 6.11. The highest BCUT2D eigenvalue weighted by atomic mass is 127. The zero-order valence-corrected chi connectivity index (χ0v) is 13.5. The van der Waals surface area contributed by atoms with E-state index in [0.29, 0.717) is 12.1 Å². The molecule has 0 radical (unpaired) electrons. The van der Waals surface area contributed by atoms with Gasteiger partial charge < -0.3 is 5.32 Å². The normalized spacial score (nSPS) is 21.8. The Hall–Kier alpha value is 0.740. The summed E-state index contributed by atoms with van der Waals surface area (Å²) in [5.41, 5.74) is 1.58. The van der Waals surface area contributed by atoms with E-state index >= 15 is 0 Å². The average molecular weight is 367 g/mol. The zero-order valence-electron chi connectivity index (χ0n) is 9.75. The van der Waals surface area contributed by atoms with Gasteiger partial charge in [-0.05, 0) is 66.7 Å². The van der Waals surface area contributed by atoms with Crippen LogP contribution in [0, 0.1) is 2.88 Å². The molecule has 2 rings (SSSR count). The molecule has 90 valence electrons. The molecule has 0 fully saturated rings. The van der Waals surface area contributed by atoms with E-state index in [0.717, 1.165) is 0 Å². The van der Waals surface area contributed by atoms with Crippen LogP contribution < -0.4 is 5.32 Å². The van der Waals surface area contributed by atoms with Crippen molar-refractivity contribution in [2.75, 3.05) is 12.0 Å². The molecule has 1 aliphatic carbocycles. The van der Waals surface area contributed by atoms with Gasteiger partial charge in [-0.1, -0.05) is 0 Å². The molecular weight excluding hydrogens is 349 g/mol. The minimum atomic E-state index is 0.602. The molecule has 0 bridgehead atoms. The van der Waals surface area contributed by atoms with Crippen LogP contribution in [0.15, 0.2) is 6.07 Å². The third kappa shape index (κ3) is 3.15. The van der Waals surface area contributed by atoms with E-state index in [-0.39, 0.29) is 0 Å². The van der Waals surface area contributed by atoms with Gasteiger partial charge in [0.25, 0.3) is 0 Å². The van der Waals surface area contributed by atoms with E-state index < -0.39 is 0 Å². The maximum atomic E-state index is 3.77. The van der Waals surface area contributed by atoms with Crippen molar-refractivity contribution in [1.82, 2.24) is 5.32 Å². The quantitative estimate of drug-likeness (QED) is 0.806. The minimum Gasteiger partial charge on any atom is -0.307 e. The molecule has 1 aromatic heterocycles. The fraction of sp³-hybridized carbons (Fsp3) is 0.667. The lowest BCUT2D eigenvalue weighted by Gasteiger charge is -2.26. The van der Waals surface area contributed by atoms with E-state index in [1.54, 1.807) is 10.4 Å². The van der Waals surface area contributed by atoms with Crippen molar-refractivity contribution < 1.29 is 0 Å². The second-order valence-corrected chi connectivity index (χ2v) is 8.34. The number of thiophene rings is 1. The van der Waals surface area contributed by atoms with Crippen molar-refractivity contribution in [3.63, 3.8) is 0 Å². The number of hydrogen-bond donors (Lipinski definition) is 1. The first-order valence-electron chi connectivity index (χ1n) is 5.73. The number of halogens is 1. The third-order valence-electron chi connectivity index (χ3n) is 2.99. The molecule has 4 heteroatoms. The Morgan fingerprint density at radius 1 is 1.69 bits per heavy atom. The van der Waals surface area contributed by atoms with E-state index in [2.05, 4.69) is 47.2 Å². The number of nitrogens with one attached hydrogen (secondary N) is 1. The van der Waals surface area contributed by atoms with Crippen LogP contribution >= 0.6 is 45.7 Å². The van der Waals surface area contributed by atoms with Crippen molar-refractivity contribution >= 4 is 45.7 Å². The van der Waals surface area contributed by atoms with Crippen LogP contribution in [0.2, 0.25) is 0 Å². The summed E-state index contributed by atoms with van der Waals surface area (Å²) in [7, 11) is 0. The summed E-state index contributed by atoms with van der Waals surface area (Å²) in [6, 6.07) is 3.60. The van der Waals surface area contributed by atoms with Crippen LogP contribution in [0.25, 0.3) is 0 Å². The first-order chi connectivity index (χ1) is 7.70. The van der Waals surface area contributed by atoms with Gasteiger partial charge in [0.2, 0.25) is 0 Å². The Kier molecular flexibility index (Phi) is 5.00. The van der Waals surface area contributed by atoms with Gasteiger partial charge in [0.15, 0.2) is 0 Å². The Labute approximate surface area is 120 Å². The first-order valence-corrected chi connectivity index (χ1v) is 9.02. The maximum absolute atomic E-state index is 3.77. The topological polar surface area (TPSA) is 12.0 Å². The molecule has 2 atom stereocenters. The van der Waals surface area contributed by atoms with Crippen LogP contribution in [-0.2, 0) is 6.42 Å². The fourth-order valence-electron chi connectivity index (χ4n) is 2.34. The molecule has 0 saturated heterocycles. The van der Waals surface area contributed by atoms with Crippen molar-refractivity contribution in [3.05, 3.63) is 19.4 Å². The molecule has 0 aliphatic heterocycles. The van der Waals surface area contributed by atoms with Gasteiger partial charge in [-0.3, -0.25) is 0 Å². The number of rotatable bonds is 4. The van der Waals surface area contributed by atoms with Gasteiger partial charge in [-0.2, -0.15) is 11.8 Å². The van der Waals surface area contributed by atoms with Crippen molar-refractivity contribution in [3.8, 4) is 0 Å². The van der Waals surface area contributed by atoms with Crippen LogP contribution in [0.1, 0.15) is 36.2 Å². The second kappa shape index (κ2) is 6.07. The lowest BCUT2D eigenvalue weighted by Crippen LogP contribution is -2.33. The average Bonchev–Trinajstić information content (AvgIpc) is 2.60. The summed E-state index contributed by atoms with van der Waals surface area (Å²) < 4.78 is 1.44. The van der Waals surface area contributed by atoms with Gasteiger partial charge in [0.05, 0.1) is 2.88 Å². The van der Waals surface area contributed by atoms with Gasteiger partial charge in [-0.15, -0.1) is 11.3 Å². The molecule has 16 heavy (non-hydrogen) atoms. The van der Waals surface area contributed by atoms with Crippen molar-refractivity contribution in [2.45, 2.75) is 38.3 Å². The first kappa shape index (κ1) is 13.2. The number of aryl methyl sites for hydroxylation is 1. The Morgan fingerprint density at radius 3 is 3.25 bits per heavy atom. The molecule has 1 aromatic rings. The summed E-state index contributed by atoms with van der Waals surface area (Å²) in [5, 5.41) is 3.77. The lowest BCUT2D eigenvalue weighted by atomic mass is 9.93. The zero-order chi connectivity index (χ0) is 11.5. The largest absolute Gasteiger partial charge is 0.307 e. The minimum absolute atomic E-state index is 0.602. The molecule has 0 saturated carbocycles. The number of fused-ring (bicyclic) bond motifs is 1. The predicted octanol–water partition coefficient (Wildman–Crippen LogP) is 4.07. The fourth-order valence-corrected chi connectivity index (χ4v) is 5.05. The van der Waals surface area contributed by atoms with E-state index in [1.165, 1.54) is 27.9 Å². The van der Waals surface area contributed by atoms with Crippen molar-refractivity contribution in [1.29, 1.82) is 0 Å². The Morgan fingerprint density at radius 2 is 2.50 bits per heavy atom. The number of hydrogen-bond acceptors (Lipinski definition) is 3. The monoisotopic (exact) mass is 367 g/mol. The third-order valence-corrected chi connectivity index (χ3v) is 5.79. The van der Waals surface area contributed by atoms with Crippen LogP contribution in [-0.4, -0.2) is 18.1 Å². The Bertz CT molecular complexity index is 351. The molecule has 1 nitrogen and oxygen atoms in total. The standard InChI is InChI=1S/C12H18INS2/c1-8(7-15-2)14-10-4-3-5-11-9(10)6-12(13)16-11/h6,8,10,14H,3-5,7H2,1-2H3. The van der Waals surface area contributed by atoms with Crippen LogP contribution in [0.3, 0.4) is 0 Å². The van der Waals surface area contributed by atoms with Crippen molar-refractivity contribution in [2.24, 2.45) is 0 Å². The van der Waals surface area contributed by atoms with Crippen LogP contribution in [0.5, 0.6) is 0 Å². The molecule has 1 aliphatic rings. The SMILES string of the molecule is CSCC(C)NC1CCCc2sc(I)cc21. The predicted molar refractivity (Wildman–Crippen MR) is 83.7 cm³/mol. The summed E-state index contributed by atoms with van der Waals surface area (Å²) >= 11 is 6.35. The second-order valence-electron chi connectivity index (χ2n) is 4.40. The molecule has 0 amide bonds. The molecular formula is C12H18INS2. The van der Waals surface area contributed by atoms with E-state index in [1.807, 2.05) is 23.1 Å².